The summed E-state index contributed by atoms with van der Waals surface area (Å²) in [4.78, 5) is 32.7. The zero-order valence-corrected chi connectivity index (χ0v) is 13.2. The van der Waals surface area contributed by atoms with Crippen molar-refractivity contribution >= 4 is 40.2 Å². The molecule has 0 fully saturated rings. The highest BCUT2D eigenvalue weighted by atomic mass is 32.1. The number of carbonyl (C=O) groups is 2. The smallest absolute Gasteiger partial charge is 0.270 e. The Hall–Kier alpha value is -3.21. The van der Waals surface area contributed by atoms with E-state index in [1.807, 2.05) is 0 Å². The molecule has 0 unspecified atom stereocenters. The number of carbonyl (C=O) groups excluding carboxylic acids is 2. The van der Waals surface area contributed by atoms with Crippen LogP contribution in [0.1, 0.15) is 17.5 Å². The van der Waals surface area contributed by atoms with Crippen molar-refractivity contribution in [1.82, 2.24) is 15.6 Å². The van der Waals surface area contributed by atoms with Crippen molar-refractivity contribution in [1.29, 1.82) is 0 Å². The van der Waals surface area contributed by atoms with Crippen LogP contribution in [0.25, 0.3) is 0 Å². The fraction of sp³-hybridized carbons (Fsp3) is 0.154. The second-order valence-corrected chi connectivity index (χ2v) is 5.57. The van der Waals surface area contributed by atoms with Crippen LogP contribution in [-0.2, 0) is 16.0 Å². The highest BCUT2D eigenvalue weighted by molar-refractivity contribution is 7.15. The Kier molecular flexibility index (Phi) is 5.63. The quantitative estimate of drug-likeness (QED) is 0.455. The van der Waals surface area contributed by atoms with Gasteiger partial charge in [-0.25, -0.2) is 5.43 Å². The van der Waals surface area contributed by atoms with E-state index < -0.39 is 10.8 Å². The highest BCUT2D eigenvalue weighted by Gasteiger charge is 2.09. The predicted molar refractivity (Wildman–Crippen MR) is 86.7 cm³/mol. The van der Waals surface area contributed by atoms with E-state index in [9.17, 15) is 19.7 Å². The van der Waals surface area contributed by atoms with Gasteiger partial charge < -0.3 is 5.32 Å². The molecule has 24 heavy (non-hydrogen) atoms. The summed E-state index contributed by atoms with van der Waals surface area (Å²) in [7, 11) is 0. The first-order chi connectivity index (χ1) is 11.4. The van der Waals surface area contributed by atoms with E-state index in [1.165, 1.54) is 31.3 Å². The first kappa shape index (κ1) is 17.1. The van der Waals surface area contributed by atoms with Crippen molar-refractivity contribution in [2.75, 3.05) is 5.32 Å². The average molecular weight is 348 g/mol. The number of aromatic nitrogens is 2. The Morgan fingerprint density at radius 3 is 2.92 bits per heavy atom. The SMILES string of the molecule is CC(=O)Nc1nnc(CC(=O)N/N=C/c2cccc([N+](=O)[O-])c2)s1. The van der Waals surface area contributed by atoms with Gasteiger partial charge in [-0.3, -0.25) is 19.7 Å². The molecule has 2 N–H and O–H groups in total. The maximum atomic E-state index is 11.7. The first-order valence-electron chi connectivity index (χ1n) is 6.60. The molecule has 2 amide bonds. The number of amides is 2. The third-order valence-electron chi connectivity index (χ3n) is 2.55. The summed E-state index contributed by atoms with van der Waals surface area (Å²) in [6, 6.07) is 5.83. The van der Waals surface area contributed by atoms with Gasteiger partial charge in [-0.15, -0.1) is 10.2 Å². The Labute approximate surface area is 139 Å². The minimum absolute atomic E-state index is 0.0521. The van der Waals surface area contributed by atoms with Crippen LogP contribution in [0, 0.1) is 10.1 Å². The molecular weight excluding hydrogens is 336 g/mol. The molecule has 0 saturated carbocycles. The third-order valence-corrected chi connectivity index (χ3v) is 3.38. The molecule has 1 heterocycles. The lowest BCUT2D eigenvalue weighted by Gasteiger charge is -1.97. The van der Waals surface area contributed by atoms with Crippen LogP contribution in [0.3, 0.4) is 0 Å². The summed E-state index contributed by atoms with van der Waals surface area (Å²) in [5, 5.41) is 25.1. The van der Waals surface area contributed by atoms with E-state index in [4.69, 9.17) is 0 Å². The van der Waals surface area contributed by atoms with Crippen LogP contribution in [0.5, 0.6) is 0 Å². The van der Waals surface area contributed by atoms with Crippen molar-refractivity contribution < 1.29 is 14.5 Å². The third kappa shape index (κ3) is 5.21. The van der Waals surface area contributed by atoms with Crippen molar-refractivity contribution in [3.8, 4) is 0 Å². The number of hydrogen-bond donors (Lipinski definition) is 2. The van der Waals surface area contributed by atoms with Crippen molar-refractivity contribution in [2.24, 2.45) is 5.10 Å². The molecule has 0 aliphatic heterocycles. The number of nitrogens with one attached hydrogen (secondary N) is 2. The normalized spacial score (nSPS) is 10.5. The minimum atomic E-state index is -0.516. The lowest BCUT2D eigenvalue weighted by Crippen LogP contribution is -2.19. The summed E-state index contributed by atoms with van der Waals surface area (Å²) in [5.41, 5.74) is 2.71. The largest absolute Gasteiger partial charge is 0.301 e. The van der Waals surface area contributed by atoms with Crippen LogP contribution >= 0.6 is 11.3 Å². The number of nitrogens with zero attached hydrogens (tertiary/aromatic N) is 4. The number of benzene rings is 1. The van der Waals surface area contributed by atoms with Gasteiger partial charge in [-0.05, 0) is 0 Å². The van der Waals surface area contributed by atoms with Crippen LogP contribution in [0.15, 0.2) is 29.4 Å². The van der Waals surface area contributed by atoms with Gasteiger partial charge in [-0.1, -0.05) is 23.5 Å². The Morgan fingerprint density at radius 2 is 2.21 bits per heavy atom. The van der Waals surface area contributed by atoms with Crippen LogP contribution < -0.4 is 10.7 Å². The van der Waals surface area contributed by atoms with Gasteiger partial charge in [0.15, 0.2) is 0 Å². The Morgan fingerprint density at radius 1 is 1.42 bits per heavy atom. The molecule has 11 heteroatoms. The van der Waals surface area contributed by atoms with Gasteiger partial charge in [0.25, 0.3) is 5.69 Å². The maximum Gasteiger partial charge on any atom is 0.270 e. The molecule has 0 aliphatic carbocycles. The predicted octanol–water partition coefficient (Wildman–Crippen LogP) is 1.10. The van der Waals surface area contributed by atoms with Crippen molar-refractivity contribution in [3.05, 3.63) is 45.0 Å². The number of nitro groups is 1. The fourth-order valence-corrected chi connectivity index (χ4v) is 2.38. The summed E-state index contributed by atoms with van der Waals surface area (Å²) < 4.78 is 0. The molecule has 1 aromatic carbocycles. The monoisotopic (exact) mass is 348 g/mol. The van der Waals surface area contributed by atoms with Gasteiger partial charge in [-0.2, -0.15) is 5.10 Å². The van der Waals surface area contributed by atoms with E-state index in [2.05, 4.69) is 26.0 Å². The fourth-order valence-electron chi connectivity index (χ4n) is 1.60. The first-order valence-corrected chi connectivity index (χ1v) is 7.42. The molecule has 10 nitrogen and oxygen atoms in total. The van der Waals surface area contributed by atoms with Gasteiger partial charge in [0.1, 0.15) is 5.01 Å². The lowest BCUT2D eigenvalue weighted by molar-refractivity contribution is -0.384. The second-order valence-electron chi connectivity index (χ2n) is 4.50. The highest BCUT2D eigenvalue weighted by Crippen LogP contribution is 2.15. The number of non-ortho nitro benzene ring substituents is 1. The topological polar surface area (TPSA) is 139 Å². The van der Waals surface area contributed by atoms with Crippen LogP contribution in [0.2, 0.25) is 0 Å². The molecule has 2 rings (SSSR count). The van der Waals surface area contributed by atoms with Gasteiger partial charge in [0.05, 0.1) is 17.6 Å². The number of rotatable bonds is 6. The number of nitro benzene ring substituents is 1. The van der Waals surface area contributed by atoms with Gasteiger partial charge in [0, 0.05) is 24.6 Å². The molecule has 1 aromatic heterocycles. The maximum absolute atomic E-state index is 11.7. The molecule has 0 bridgehead atoms. The van der Waals surface area contributed by atoms with Crippen LogP contribution in [0.4, 0.5) is 10.8 Å². The standard InChI is InChI=1S/C13H12N6O4S/c1-8(20)15-13-18-17-12(24-13)6-11(21)16-14-7-9-3-2-4-10(5-9)19(22)23/h2-5,7H,6H2,1H3,(H,16,21)(H,15,18,20)/b14-7+. The van der Waals surface area contributed by atoms with Gasteiger partial charge in [0.2, 0.25) is 16.9 Å². The van der Waals surface area contributed by atoms with E-state index in [1.54, 1.807) is 6.07 Å². The summed E-state index contributed by atoms with van der Waals surface area (Å²) in [6.45, 7) is 1.34. The molecule has 0 saturated heterocycles. The Bertz CT molecular complexity index is 803. The summed E-state index contributed by atoms with van der Waals surface area (Å²) >= 11 is 1.08. The molecular formula is C13H12N6O4S. The number of hydrogen-bond acceptors (Lipinski definition) is 8. The van der Waals surface area contributed by atoms with E-state index in [0.29, 0.717) is 15.7 Å². The van der Waals surface area contributed by atoms with Crippen molar-refractivity contribution in [3.63, 3.8) is 0 Å². The second kappa shape index (κ2) is 7.87. The zero-order valence-electron chi connectivity index (χ0n) is 12.4. The summed E-state index contributed by atoms with van der Waals surface area (Å²) in [6.07, 6.45) is 1.25. The Balaban J connectivity index is 1.88. The number of hydrazone groups is 1. The molecule has 2 aromatic rings. The minimum Gasteiger partial charge on any atom is -0.301 e. The molecule has 0 radical (unpaired) electrons. The van der Waals surface area contributed by atoms with Crippen LogP contribution in [-0.4, -0.2) is 33.1 Å². The van der Waals surface area contributed by atoms with Crippen molar-refractivity contribution in [2.45, 2.75) is 13.3 Å². The van der Waals surface area contributed by atoms with Gasteiger partial charge >= 0.3 is 0 Å². The lowest BCUT2D eigenvalue weighted by atomic mass is 10.2. The average Bonchev–Trinajstić information content (AvgIpc) is 2.93. The molecule has 0 spiro atoms. The zero-order chi connectivity index (χ0) is 17.5. The molecule has 0 atom stereocenters. The van der Waals surface area contributed by atoms with E-state index >= 15 is 0 Å². The van der Waals surface area contributed by atoms with E-state index in [-0.39, 0.29) is 18.0 Å². The number of anilines is 1. The molecule has 0 aliphatic rings. The summed E-state index contributed by atoms with van der Waals surface area (Å²) in [5.74, 6) is -0.703. The molecule has 124 valence electrons. The van der Waals surface area contributed by atoms with E-state index in [0.717, 1.165) is 11.3 Å².